The van der Waals surface area contributed by atoms with Crippen LogP contribution in [0.15, 0.2) is 23.2 Å². The number of ether oxygens (including phenoxy) is 2. The van der Waals surface area contributed by atoms with Gasteiger partial charge in [-0.25, -0.2) is 9.79 Å². The molecule has 0 aromatic heterocycles. The third-order valence-electron chi connectivity index (χ3n) is 5.42. The smallest absolute Gasteiger partial charge is 0.328 e. The zero-order valence-electron chi connectivity index (χ0n) is 16.9. The molecule has 0 radical (unpaired) electrons. The first-order valence-corrected chi connectivity index (χ1v) is 9.94. The fraction of sp³-hybridized carbons (Fsp3) is 0.474. The molecule has 3 amide bonds. The highest BCUT2D eigenvalue weighted by molar-refractivity contribution is 6.32. The lowest BCUT2D eigenvalue weighted by Crippen LogP contribution is -2.65. The molecule has 0 saturated carbocycles. The zero-order valence-corrected chi connectivity index (χ0v) is 17.6. The van der Waals surface area contributed by atoms with Crippen molar-refractivity contribution in [2.75, 3.05) is 45.3 Å². The molecule has 0 N–H and O–H groups in total. The van der Waals surface area contributed by atoms with Gasteiger partial charge in [0.25, 0.3) is 5.91 Å². The molecule has 0 aliphatic carbocycles. The van der Waals surface area contributed by atoms with Gasteiger partial charge in [-0.1, -0.05) is 11.6 Å². The molecule has 2 atom stereocenters. The quantitative estimate of drug-likeness (QED) is 0.636. The Balaban J connectivity index is 1.60. The lowest BCUT2D eigenvalue weighted by molar-refractivity contribution is -0.150. The highest BCUT2D eigenvalue weighted by atomic mass is 35.5. The van der Waals surface area contributed by atoms with Crippen molar-refractivity contribution in [3.8, 4) is 5.75 Å². The molecule has 4 rings (SSSR count). The lowest BCUT2D eigenvalue weighted by atomic mass is 10.1. The van der Waals surface area contributed by atoms with Gasteiger partial charge in [0.1, 0.15) is 12.3 Å². The molecule has 2 unspecified atom stereocenters. The number of carbonyl (C=O) groups excluding carboxylic acids is 3. The molecular weight excluding hydrogens is 414 g/mol. The van der Waals surface area contributed by atoms with Crippen LogP contribution in [0.2, 0.25) is 5.02 Å². The number of urea groups is 1. The number of hydrogen-bond donors (Lipinski definition) is 0. The van der Waals surface area contributed by atoms with Crippen LogP contribution < -0.4 is 9.64 Å². The molecule has 3 heterocycles. The lowest BCUT2D eigenvalue weighted by Gasteiger charge is -2.40. The Morgan fingerprint density at radius 2 is 2.07 bits per heavy atom. The molecule has 2 saturated heterocycles. The average Bonchev–Trinajstić information content (AvgIpc) is 3.29. The minimum atomic E-state index is -0.684. The maximum atomic E-state index is 13.1. The van der Waals surface area contributed by atoms with E-state index in [0.717, 1.165) is 10.6 Å². The van der Waals surface area contributed by atoms with Gasteiger partial charge in [-0.05, 0) is 25.1 Å². The van der Waals surface area contributed by atoms with Crippen LogP contribution in [0.3, 0.4) is 0 Å². The first-order chi connectivity index (χ1) is 14.4. The molecule has 1 aromatic carbocycles. The Bertz CT molecular complexity index is 938. The van der Waals surface area contributed by atoms with Crippen LogP contribution in [0, 0.1) is 0 Å². The Kier molecular flexibility index (Phi) is 5.19. The van der Waals surface area contributed by atoms with Gasteiger partial charge in [-0.2, -0.15) is 0 Å². The molecule has 0 bridgehead atoms. The predicted octanol–water partition coefficient (Wildman–Crippen LogP) is 0.992. The van der Waals surface area contributed by atoms with Gasteiger partial charge >= 0.3 is 12.0 Å². The number of amides is 3. The molecule has 3 aliphatic heterocycles. The number of esters is 1. The topological polar surface area (TPSA) is 95.0 Å². The summed E-state index contributed by atoms with van der Waals surface area (Å²) in [6.07, 6.45) is -0.657. The van der Waals surface area contributed by atoms with Crippen molar-refractivity contribution in [3.05, 3.63) is 23.2 Å². The molecule has 10 nitrogen and oxygen atoms in total. The summed E-state index contributed by atoms with van der Waals surface area (Å²) in [4.78, 5) is 48.5. The Morgan fingerprint density at radius 1 is 1.30 bits per heavy atom. The fourth-order valence-corrected chi connectivity index (χ4v) is 4.24. The number of methoxy groups -OCH3 is 1. The van der Waals surface area contributed by atoms with Crippen LogP contribution in [-0.2, 0) is 14.3 Å². The van der Waals surface area contributed by atoms with Crippen LogP contribution in [-0.4, -0.2) is 91.2 Å². The summed E-state index contributed by atoms with van der Waals surface area (Å²) in [5.41, 5.74) is 0.811. The average molecular weight is 436 g/mol. The van der Waals surface area contributed by atoms with Crippen molar-refractivity contribution in [1.82, 2.24) is 14.7 Å². The van der Waals surface area contributed by atoms with E-state index in [2.05, 4.69) is 4.99 Å². The molecular formula is C19H22ClN5O5. The number of aliphatic imine (C=N–C) groups is 1. The second kappa shape index (κ2) is 7.67. The number of likely N-dealkylation sites (N-methyl/N-ethyl adjacent to an activating group) is 1. The van der Waals surface area contributed by atoms with Gasteiger partial charge in [0.2, 0.25) is 5.96 Å². The van der Waals surface area contributed by atoms with E-state index in [1.807, 2.05) is 15.9 Å². The minimum absolute atomic E-state index is 0.176. The molecule has 11 heteroatoms. The number of benzene rings is 1. The van der Waals surface area contributed by atoms with E-state index in [1.54, 1.807) is 33.2 Å². The third kappa shape index (κ3) is 3.11. The van der Waals surface area contributed by atoms with Crippen molar-refractivity contribution in [2.24, 2.45) is 4.99 Å². The zero-order chi connectivity index (χ0) is 21.6. The number of carbonyl (C=O) groups is 3. The molecule has 160 valence electrons. The first kappa shape index (κ1) is 20.3. The highest BCUT2D eigenvalue weighted by Crippen LogP contribution is 2.35. The van der Waals surface area contributed by atoms with E-state index in [-0.39, 0.29) is 6.61 Å². The largest absolute Gasteiger partial charge is 0.495 e. The molecule has 0 spiro atoms. The van der Waals surface area contributed by atoms with Crippen molar-refractivity contribution in [3.63, 3.8) is 0 Å². The van der Waals surface area contributed by atoms with Gasteiger partial charge < -0.3 is 24.2 Å². The van der Waals surface area contributed by atoms with E-state index < -0.39 is 36.7 Å². The number of halogens is 1. The molecule has 30 heavy (non-hydrogen) atoms. The summed E-state index contributed by atoms with van der Waals surface area (Å²) >= 11 is 6.27. The maximum absolute atomic E-state index is 13.1. The number of rotatable bonds is 5. The molecule has 3 aliphatic rings. The number of imide groups is 1. The maximum Gasteiger partial charge on any atom is 0.328 e. The minimum Gasteiger partial charge on any atom is -0.495 e. The van der Waals surface area contributed by atoms with Gasteiger partial charge in [-0.3, -0.25) is 14.5 Å². The summed E-state index contributed by atoms with van der Waals surface area (Å²) < 4.78 is 10.1. The fourth-order valence-electron chi connectivity index (χ4n) is 3.99. The number of guanidine groups is 1. The first-order valence-electron chi connectivity index (χ1n) is 9.56. The Morgan fingerprint density at radius 3 is 2.73 bits per heavy atom. The Hall–Kier alpha value is -3.01. The normalized spacial score (nSPS) is 22.9. The third-order valence-corrected chi connectivity index (χ3v) is 5.71. The number of fused-ring (bicyclic) bond motifs is 3. The summed E-state index contributed by atoms with van der Waals surface area (Å²) in [6.45, 7) is 2.58. The second-order valence-electron chi connectivity index (χ2n) is 7.07. The van der Waals surface area contributed by atoms with Crippen LogP contribution in [0.4, 0.5) is 10.5 Å². The van der Waals surface area contributed by atoms with Gasteiger partial charge in [0.15, 0.2) is 12.2 Å². The van der Waals surface area contributed by atoms with Crippen LogP contribution in [0.1, 0.15) is 6.92 Å². The van der Waals surface area contributed by atoms with Crippen molar-refractivity contribution in [2.45, 2.75) is 19.1 Å². The summed E-state index contributed by atoms with van der Waals surface area (Å²) in [5, 5.41) is 0.466. The van der Waals surface area contributed by atoms with E-state index >= 15 is 0 Å². The van der Waals surface area contributed by atoms with Crippen LogP contribution in [0.5, 0.6) is 5.75 Å². The SMILES string of the molecule is CCOC(=O)CN1C(=O)C2C(N=C3N(c4ccc(OC)c(Cl)c4)CCN32)N(C)C1=O. The van der Waals surface area contributed by atoms with Gasteiger partial charge in [0.05, 0.1) is 18.7 Å². The van der Waals surface area contributed by atoms with Crippen LogP contribution >= 0.6 is 11.6 Å². The van der Waals surface area contributed by atoms with Crippen molar-refractivity contribution in [1.29, 1.82) is 0 Å². The standard InChI is InChI=1S/C19H22ClN5O5/c1-4-30-14(26)10-25-17(27)15-16(22(2)19(25)28)21-18-23(7-8-24(15)18)11-5-6-13(29-3)12(20)9-11/h5-6,9,15-16H,4,7-8,10H2,1-3H3. The van der Waals surface area contributed by atoms with E-state index in [4.69, 9.17) is 21.1 Å². The van der Waals surface area contributed by atoms with Crippen LogP contribution in [0.25, 0.3) is 0 Å². The molecule has 2 fully saturated rings. The van der Waals surface area contributed by atoms with Crippen molar-refractivity contribution >= 4 is 41.2 Å². The number of nitrogens with zero attached hydrogens (tertiary/aromatic N) is 5. The van der Waals surface area contributed by atoms with E-state index in [9.17, 15) is 14.4 Å². The summed E-state index contributed by atoms with van der Waals surface area (Å²) in [6, 6.07) is 4.15. The highest BCUT2D eigenvalue weighted by Gasteiger charge is 2.55. The van der Waals surface area contributed by atoms with E-state index in [1.165, 1.54) is 4.90 Å². The molecule has 1 aromatic rings. The second-order valence-corrected chi connectivity index (χ2v) is 7.48. The number of hydrogen-bond acceptors (Lipinski definition) is 8. The Labute approximate surface area is 178 Å². The number of anilines is 1. The van der Waals surface area contributed by atoms with E-state index in [0.29, 0.717) is 29.8 Å². The van der Waals surface area contributed by atoms with Crippen molar-refractivity contribution < 1.29 is 23.9 Å². The van der Waals surface area contributed by atoms with Gasteiger partial charge in [-0.15, -0.1) is 0 Å². The predicted molar refractivity (Wildman–Crippen MR) is 109 cm³/mol. The monoisotopic (exact) mass is 435 g/mol. The summed E-state index contributed by atoms with van der Waals surface area (Å²) in [5.74, 6) is 0.0801. The summed E-state index contributed by atoms with van der Waals surface area (Å²) in [7, 11) is 3.12. The van der Waals surface area contributed by atoms with Gasteiger partial charge in [0, 0.05) is 25.8 Å².